The molecule has 1 atom stereocenters. The summed E-state index contributed by atoms with van der Waals surface area (Å²) in [6.45, 7) is 1.85. The summed E-state index contributed by atoms with van der Waals surface area (Å²) in [7, 11) is 2.70. The van der Waals surface area contributed by atoms with Gasteiger partial charge in [-0.05, 0) is 48.4 Å². The molecule has 3 aromatic carbocycles. The van der Waals surface area contributed by atoms with Crippen molar-refractivity contribution in [2.24, 2.45) is 0 Å². The minimum absolute atomic E-state index is 0.00217. The van der Waals surface area contributed by atoms with Gasteiger partial charge < -0.3 is 14.6 Å². The first-order valence-electron chi connectivity index (χ1n) is 10.4. The van der Waals surface area contributed by atoms with Gasteiger partial charge in [0.1, 0.15) is 16.6 Å². The van der Waals surface area contributed by atoms with Crippen LogP contribution in [0.25, 0.3) is 5.76 Å². The van der Waals surface area contributed by atoms with Crippen molar-refractivity contribution in [3.63, 3.8) is 0 Å². The SMILES string of the molecule is COc1c(Cl)cc(/C(O)=C2\C(=O)C(=O)N(c3cccc(C)c3)C2c2ccc(F)cc2)c(OC)c1Cl. The molecule has 0 aromatic heterocycles. The van der Waals surface area contributed by atoms with Crippen molar-refractivity contribution in [3.05, 3.63) is 92.7 Å². The number of aryl methyl sites for hydroxylation is 1. The molecular formula is C26H20Cl2FNO5. The predicted molar refractivity (Wildman–Crippen MR) is 132 cm³/mol. The molecule has 0 aliphatic carbocycles. The molecule has 0 saturated carbocycles. The zero-order valence-electron chi connectivity index (χ0n) is 18.9. The standard InChI is InChI=1S/C26H20Cl2FNO5/c1-13-5-4-6-16(11-13)30-21(14-7-9-15(29)10-8-14)19(23(32)26(30)33)22(31)17-12-18(27)25(35-3)20(28)24(17)34-2/h4-12,21,31H,1-3H3/b22-19+. The number of benzene rings is 3. The van der Waals surface area contributed by atoms with E-state index in [9.17, 15) is 19.1 Å². The molecule has 6 nitrogen and oxygen atoms in total. The maximum absolute atomic E-state index is 13.7. The highest BCUT2D eigenvalue weighted by Crippen LogP contribution is 2.48. The summed E-state index contributed by atoms with van der Waals surface area (Å²) in [6.07, 6.45) is 0. The number of ketones is 1. The molecule has 1 aliphatic rings. The van der Waals surface area contributed by atoms with E-state index in [0.717, 1.165) is 5.56 Å². The quantitative estimate of drug-likeness (QED) is 0.253. The number of halogens is 3. The van der Waals surface area contributed by atoms with Gasteiger partial charge in [0.05, 0.1) is 36.4 Å². The summed E-state index contributed by atoms with van der Waals surface area (Å²) in [5, 5.41) is 11.4. The van der Waals surface area contributed by atoms with E-state index in [1.807, 2.05) is 13.0 Å². The Bertz CT molecular complexity index is 1370. The van der Waals surface area contributed by atoms with Gasteiger partial charge in [-0.15, -0.1) is 0 Å². The molecule has 3 aromatic rings. The number of ether oxygens (including phenoxy) is 2. The van der Waals surface area contributed by atoms with Gasteiger partial charge in [0.2, 0.25) is 0 Å². The third-order valence-corrected chi connectivity index (χ3v) is 6.33. The fourth-order valence-corrected chi connectivity index (χ4v) is 4.82. The van der Waals surface area contributed by atoms with Gasteiger partial charge in [-0.2, -0.15) is 0 Å². The average molecular weight is 516 g/mol. The Morgan fingerprint density at radius 1 is 1.00 bits per heavy atom. The molecule has 1 amide bonds. The molecule has 1 heterocycles. The molecule has 1 aliphatic heterocycles. The van der Waals surface area contributed by atoms with Crippen molar-refractivity contribution in [3.8, 4) is 11.5 Å². The number of nitrogens with zero attached hydrogens (tertiary/aromatic N) is 1. The van der Waals surface area contributed by atoms with Crippen LogP contribution in [-0.4, -0.2) is 31.0 Å². The molecule has 35 heavy (non-hydrogen) atoms. The van der Waals surface area contributed by atoms with Crippen molar-refractivity contribution in [1.29, 1.82) is 0 Å². The smallest absolute Gasteiger partial charge is 0.300 e. The molecule has 0 bridgehead atoms. The van der Waals surface area contributed by atoms with Gasteiger partial charge in [-0.3, -0.25) is 14.5 Å². The van der Waals surface area contributed by atoms with Crippen LogP contribution in [0.5, 0.6) is 11.5 Å². The van der Waals surface area contributed by atoms with Gasteiger partial charge in [0, 0.05) is 5.69 Å². The fourth-order valence-electron chi connectivity index (χ4n) is 4.13. The minimum atomic E-state index is -1.05. The van der Waals surface area contributed by atoms with Gasteiger partial charge in [0.15, 0.2) is 11.5 Å². The number of hydrogen-bond acceptors (Lipinski definition) is 5. The maximum atomic E-state index is 13.7. The molecule has 1 unspecified atom stereocenters. The van der Waals surface area contributed by atoms with Gasteiger partial charge in [-0.1, -0.05) is 47.5 Å². The summed E-state index contributed by atoms with van der Waals surface area (Å²) in [4.78, 5) is 27.8. The highest BCUT2D eigenvalue weighted by atomic mass is 35.5. The lowest BCUT2D eigenvalue weighted by Crippen LogP contribution is -2.29. The van der Waals surface area contributed by atoms with Gasteiger partial charge >= 0.3 is 0 Å². The number of carbonyl (C=O) groups excluding carboxylic acids is 2. The van der Waals surface area contributed by atoms with Crippen LogP contribution in [0.1, 0.15) is 22.7 Å². The summed E-state index contributed by atoms with van der Waals surface area (Å²) >= 11 is 12.7. The van der Waals surface area contributed by atoms with E-state index in [-0.39, 0.29) is 32.7 Å². The van der Waals surface area contributed by atoms with Crippen LogP contribution >= 0.6 is 23.2 Å². The average Bonchev–Trinajstić information content (AvgIpc) is 3.09. The van der Waals surface area contributed by atoms with Gasteiger partial charge in [-0.25, -0.2) is 4.39 Å². The highest BCUT2D eigenvalue weighted by Gasteiger charge is 2.47. The van der Waals surface area contributed by atoms with Crippen LogP contribution in [-0.2, 0) is 9.59 Å². The van der Waals surface area contributed by atoms with E-state index in [1.54, 1.807) is 18.2 Å². The first kappa shape index (κ1) is 24.6. The van der Waals surface area contributed by atoms with E-state index in [0.29, 0.717) is 11.3 Å². The number of aliphatic hydroxyl groups excluding tert-OH is 1. The molecule has 1 saturated heterocycles. The zero-order chi connectivity index (χ0) is 25.4. The summed E-state index contributed by atoms with van der Waals surface area (Å²) in [6, 6.07) is 12.6. The molecule has 0 radical (unpaired) electrons. The minimum Gasteiger partial charge on any atom is -0.507 e. The van der Waals surface area contributed by atoms with E-state index in [4.69, 9.17) is 32.7 Å². The first-order chi connectivity index (χ1) is 16.7. The Morgan fingerprint density at radius 2 is 1.66 bits per heavy atom. The van der Waals surface area contributed by atoms with E-state index in [2.05, 4.69) is 0 Å². The number of methoxy groups -OCH3 is 2. The third kappa shape index (κ3) is 4.22. The van der Waals surface area contributed by atoms with Crippen molar-refractivity contribution in [2.75, 3.05) is 19.1 Å². The second-order valence-corrected chi connectivity index (χ2v) is 8.63. The van der Waals surface area contributed by atoms with E-state index in [1.165, 1.54) is 49.5 Å². The zero-order valence-corrected chi connectivity index (χ0v) is 20.4. The number of amides is 1. The molecule has 9 heteroatoms. The predicted octanol–water partition coefficient (Wildman–Crippen LogP) is 6.08. The number of Topliss-reactive ketones (excluding diaryl/α,β-unsaturated/α-hetero) is 1. The van der Waals surface area contributed by atoms with Crippen LogP contribution in [0.15, 0.2) is 60.2 Å². The van der Waals surface area contributed by atoms with Crippen LogP contribution in [0, 0.1) is 12.7 Å². The highest BCUT2D eigenvalue weighted by molar-refractivity contribution is 6.52. The molecule has 0 spiro atoms. The fraction of sp³-hybridized carbons (Fsp3) is 0.154. The molecule has 180 valence electrons. The lowest BCUT2D eigenvalue weighted by atomic mass is 9.94. The Morgan fingerprint density at radius 3 is 2.26 bits per heavy atom. The number of rotatable bonds is 5. The summed E-state index contributed by atoms with van der Waals surface area (Å²) < 4.78 is 24.3. The number of aliphatic hydroxyl groups is 1. The summed E-state index contributed by atoms with van der Waals surface area (Å²) in [5.74, 6) is -2.69. The van der Waals surface area contributed by atoms with Crippen molar-refractivity contribution >= 4 is 46.3 Å². The van der Waals surface area contributed by atoms with Crippen molar-refractivity contribution in [1.82, 2.24) is 0 Å². The largest absolute Gasteiger partial charge is 0.507 e. The molecule has 1 N–H and O–H groups in total. The number of anilines is 1. The number of carbonyl (C=O) groups is 2. The Kier molecular flexibility index (Phi) is 6.74. The molecule has 4 rings (SSSR count). The Labute approximate surface area is 211 Å². The van der Waals surface area contributed by atoms with E-state index < -0.39 is 29.3 Å². The monoisotopic (exact) mass is 515 g/mol. The molecular weight excluding hydrogens is 496 g/mol. The lowest BCUT2D eigenvalue weighted by Gasteiger charge is -2.26. The van der Waals surface area contributed by atoms with Crippen LogP contribution in [0.2, 0.25) is 10.0 Å². The number of hydrogen-bond donors (Lipinski definition) is 1. The van der Waals surface area contributed by atoms with Crippen LogP contribution < -0.4 is 14.4 Å². The summed E-state index contributed by atoms with van der Waals surface area (Å²) in [5.41, 5.74) is 1.49. The van der Waals surface area contributed by atoms with Crippen molar-refractivity contribution < 1.29 is 28.6 Å². The van der Waals surface area contributed by atoms with Gasteiger partial charge in [0.25, 0.3) is 11.7 Å². The first-order valence-corrected chi connectivity index (χ1v) is 11.2. The second-order valence-electron chi connectivity index (χ2n) is 7.85. The Hall–Kier alpha value is -3.55. The Balaban J connectivity index is 2.02. The van der Waals surface area contributed by atoms with Crippen LogP contribution in [0.4, 0.5) is 10.1 Å². The topological polar surface area (TPSA) is 76.1 Å². The molecule has 1 fully saturated rings. The maximum Gasteiger partial charge on any atom is 0.300 e. The third-order valence-electron chi connectivity index (χ3n) is 5.70. The lowest BCUT2D eigenvalue weighted by molar-refractivity contribution is -0.132. The van der Waals surface area contributed by atoms with Crippen molar-refractivity contribution in [2.45, 2.75) is 13.0 Å². The van der Waals surface area contributed by atoms with E-state index >= 15 is 0 Å². The second kappa shape index (κ2) is 9.60. The normalized spacial score (nSPS) is 17.1. The van der Waals surface area contributed by atoms with Crippen LogP contribution in [0.3, 0.4) is 0 Å².